The molecule has 0 unspecified atom stereocenters. The molecule has 8 heteroatoms. The van der Waals surface area contributed by atoms with E-state index in [0.29, 0.717) is 26.1 Å². The Kier molecular flexibility index (Phi) is 3.48. The highest BCUT2D eigenvalue weighted by molar-refractivity contribution is 7.89. The van der Waals surface area contributed by atoms with Gasteiger partial charge in [0, 0.05) is 38.8 Å². The van der Waals surface area contributed by atoms with Gasteiger partial charge in [0.1, 0.15) is 4.90 Å². The lowest BCUT2D eigenvalue weighted by Crippen LogP contribution is -2.46. The van der Waals surface area contributed by atoms with Gasteiger partial charge in [-0.15, -0.1) is 0 Å². The van der Waals surface area contributed by atoms with E-state index in [9.17, 15) is 13.5 Å². The van der Waals surface area contributed by atoms with Crippen molar-refractivity contribution in [2.45, 2.75) is 23.3 Å². The standard InChI is InChI=1S/C9H15N3O4S/c13-9(1-3-16-4-2-9)7-12-17(14,15)8-5-10-11-6-8/h5-6,12-13H,1-4,7H2,(H,10,11). The fraction of sp³-hybridized carbons (Fsp3) is 0.667. The monoisotopic (exact) mass is 261 g/mol. The van der Waals surface area contributed by atoms with Crippen LogP contribution in [0.25, 0.3) is 0 Å². The maximum atomic E-state index is 11.8. The minimum atomic E-state index is -3.60. The number of H-pyrrole nitrogens is 1. The number of nitrogens with zero attached hydrogens (tertiary/aromatic N) is 1. The zero-order chi connectivity index (χ0) is 12.4. The number of aromatic nitrogens is 2. The second kappa shape index (κ2) is 4.73. The SMILES string of the molecule is O=S(=O)(NCC1(O)CCOCC1)c1cn[nH]c1. The Morgan fingerprint density at radius 1 is 1.53 bits per heavy atom. The van der Waals surface area contributed by atoms with Crippen LogP contribution in [0.3, 0.4) is 0 Å². The summed E-state index contributed by atoms with van der Waals surface area (Å²) in [5, 5.41) is 16.1. The lowest BCUT2D eigenvalue weighted by atomic mass is 9.95. The first-order valence-corrected chi connectivity index (χ1v) is 6.79. The van der Waals surface area contributed by atoms with Crippen LogP contribution in [0.4, 0.5) is 0 Å². The third-order valence-corrected chi connectivity index (χ3v) is 4.17. The molecular formula is C9H15N3O4S. The van der Waals surface area contributed by atoms with Gasteiger partial charge in [0.15, 0.2) is 0 Å². The number of aliphatic hydroxyl groups is 1. The molecule has 1 aromatic heterocycles. The average molecular weight is 261 g/mol. The summed E-state index contributed by atoms with van der Waals surface area (Å²) < 4.78 is 31.0. The summed E-state index contributed by atoms with van der Waals surface area (Å²) in [6.45, 7) is 0.887. The number of aromatic amines is 1. The molecule has 3 N–H and O–H groups in total. The van der Waals surface area contributed by atoms with Crippen LogP contribution in [0.15, 0.2) is 17.3 Å². The number of ether oxygens (including phenoxy) is 1. The summed E-state index contributed by atoms with van der Waals surface area (Å²) in [6, 6.07) is 0. The van der Waals surface area contributed by atoms with Crippen molar-refractivity contribution >= 4 is 10.0 Å². The Morgan fingerprint density at radius 2 is 2.24 bits per heavy atom. The molecule has 2 rings (SSSR count). The minimum absolute atomic E-state index is 0.0100. The van der Waals surface area contributed by atoms with Crippen LogP contribution in [0, 0.1) is 0 Å². The summed E-state index contributed by atoms with van der Waals surface area (Å²) in [7, 11) is -3.60. The average Bonchev–Trinajstić information content (AvgIpc) is 2.82. The van der Waals surface area contributed by atoms with E-state index in [1.54, 1.807) is 0 Å². The molecule has 0 saturated carbocycles. The van der Waals surface area contributed by atoms with Crippen molar-refractivity contribution in [3.8, 4) is 0 Å². The van der Waals surface area contributed by atoms with E-state index >= 15 is 0 Å². The van der Waals surface area contributed by atoms with Crippen LogP contribution in [0.1, 0.15) is 12.8 Å². The molecule has 0 spiro atoms. The zero-order valence-corrected chi connectivity index (χ0v) is 10.0. The fourth-order valence-corrected chi connectivity index (χ4v) is 2.65. The van der Waals surface area contributed by atoms with Gasteiger partial charge in [-0.2, -0.15) is 5.10 Å². The molecule has 1 aliphatic heterocycles. The Labute approximate surface area is 99.2 Å². The highest BCUT2D eigenvalue weighted by Crippen LogP contribution is 2.20. The molecule has 2 heterocycles. The molecular weight excluding hydrogens is 246 g/mol. The van der Waals surface area contributed by atoms with E-state index in [0.717, 1.165) is 0 Å². The van der Waals surface area contributed by atoms with Crippen LogP contribution < -0.4 is 4.72 Å². The van der Waals surface area contributed by atoms with E-state index in [4.69, 9.17) is 4.74 Å². The smallest absolute Gasteiger partial charge is 0.243 e. The summed E-state index contributed by atoms with van der Waals surface area (Å²) in [6.07, 6.45) is 3.37. The Bertz CT molecular complexity index is 451. The van der Waals surface area contributed by atoms with Crippen molar-refractivity contribution in [1.29, 1.82) is 0 Å². The van der Waals surface area contributed by atoms with Crippen LogP contribution in [0.2, 0.25) is 0 Å². The number of nitrogens with one attached hydrogen (secondary N) is 2. The van der Waals surface area contributed by atoms with Crippen LogP contribution in [-0.2, 0) is 14.8 Å². The molecule has 1 aliphatic rings. The first kappa shape index (κ1) is 12.5. The Hall–Kier alpha value is -0.960. The molecule has 96 valence electrons. The van der Waals surface area contributed by atoms with Gasteiger partial charge in [-0.1, -0.05) is 0 Å². The highest BCUT2D eigenvalue weighted by Gasteiger charge is 2.31. The van der Waals surface area contributed by atoms with E-state index in [1.807, 2.05) is 0 Å². The van der Waals surface area contributed by atoms with Gasteiger partial charge >= 0.3 is 0 Å². The first-order chi connectivity index (χ1) is 8.02. The van der Waals surface area contributed by atoms with Crippen molar-refractivity contribution < 1.29 is 18.3 Å². The van der Waals surface area contributed by atoms with Gasteiger partial charge in [-0.25, -0.2) is 13.1 Å². The number of sulfonamides is 1. The van der Waals surface area contributed by atoms with Gasteiger partial charge in [0.05, 0.1) is 11.8 Å². The van der Waals surface area contributed by atoms with Crippen molar-refractivity contribution in [3.63, 3.8) is 0 Å². The van der Waals surface area contributed by atoms with Crippen molar-refractivity contribution in [2.24, 2.45) is 0 Å². The van der Waals surface area contributed by atoms with E-state index < -0.39 is 15.6 Å². The molecule has 17 heavy (non-hydrogen) atoms. The predicted octanol–water partition coefficient (Wildman–Crippen LogP) is -0.771. The lowest BCUT2D eigenvalue weighted by molar-refractivity contribution is -0.0588. The molecule has 0 aliphatic carbocycles. The Morgan fingerprint density at radius 3 is 2.82 bits per heavy atom. The van der Waals surface area contributed by atoms with Crippen LogP contribution in [0.5, 0.6) is 0 Å². The van der Waals surface area contributed by atoms with Gasteiger partial charge < -0.3 is 9.84 Å². The van der Waals surface area contributed by atoms with Gasteiger partial charge in [0.25, 0.3) is 0 Å². The highest BCUT2D eigenvalue weighted by atomic mass is 32.2. The topological polar surface area (TPSA) is 104 Å². The summed E-state index contributed by atoms with van der Waals surface area (Å²) >= 11 is 0. The summed E-state index contributed by atoms with van der Waals surface area (Å²) in [4.78, 5) is 0.0631. The normalized spacial score (nSPS) is 20.3. The third kappa shape index (κ3) is 3.03. The summed E-state index contributed by atoms with van der Waals surface area (Å²) in [5.41, 5.74) is -1.02. The fourth-order valence-electron chi connectivity index (χ4n) is 1.63. The molecule has 0 bridgehead atoms. The molecule has 0 radical (unpaired) electrons. The van der Waals surface area contributed by atoms with E-state index in [2.05, 4.69) is 14.9 Å². The second-order valence-corrected chi connectivity index (χ2v) is 5.86. The van der Waals surface area contributed by atoms with E-state index in [-0.39, 0.29) is 11.4 Å². The molecule has 7 nitrogen and oxygen atoms in total. The molecule has 1 aromatic rings. The molecule has 0 atom stereocenters. The Balaban J connectivity index is 1.98. The molecule has 0 aromatic carbocycles. The number of hydrogen-bond acceptors (Lipinski definition) is 5. The molecule has 0 amide bonds. The van der Waals surface area contributed by atoms with Crippen molar-refractivity contribution in [2.75, 3.05) is 19.8 Å². The van der Waals surface area contributed by atoms with Crippen molar-refractivity contribution in [3.05, 3.63) is 12.4 Å². The van der Waals surface area contributed by atoms with Gasteiger partial charge in [-0.3, -0.25) is 5.10 Å². The zero-order valence-electron chi connectivity index (χ0n) is 9.22. The van der Waals surface area contributed by atoms with E-state index in [1.165, 1.54) is 12.4 Å². The van der Waals surface area contributed by atoms with Crippen molar-refractivity contribution in [1.82, 2.24) is 14.9 Å². The van der Waals surface area contributed by atoms with Gasteiger partial charge in [0.2, 0.25) is 10.0 Å². The lowest BCUT2D eigenvalue weighted by Gasteiger charge is -2.31. The maximum absolute atomic E-state index is 11.8. The maximum Gasteiger partial charge on any atom is 0.243 e. The number of rotatable bonds is 4. The van der Waals surface area contributed by atoms with Gasteiger partial charge in [-0.05, 0) is 0 Å². The first-order valence-electron chi connectivity index (χ1n) is 5.30. The molecule has 1 saturated heterocycles. The summed E-state index contributed by atoms with van der Waals surface area (Å²) in [5.74, 6) is 0. The minimum Gasteiger partial charge on any atom is -0.388 e. The largest absolute Gasteiger partial charge is 0.388 e. The molecule has 1 fully saturated rings. The quantitative estimate of drug-likeness (QED) is 0.660. The van der Waals surface area contributed by atoms with Crippen LogP contribution >= 0.6 is 0 Å². The van der Waals surface area contributed by atoms with Crippen LogP contribution in [-0.4, -0.2) is 49.1 Å². The number of hydrogen-bond donors (Lipinski definition) is 3. The third-order valence-electron chi connectivity index (χ3n) is 2.80. The predicted molar refractivity (Wildman–Crippen MR) is 58.8 cm³/mol. The second-order valence-electron chi connectivity index (χ2n) is 4.10.